The van der Waals surface area contributed by atoms with Gasteiger partial charge in [-0.05, 0) is 6.42 Å². The summed E-state index contributed by atoms with van der Waals surface area (Å²) in [6, 6.07) is 1.72. The second kappa shape index (κ2) is 3.55. The van der Waals surface area contributed by atoms with Gasteiger partial charge in [-0.15, -0.1) is 0 Å². The Kier molecular flexibility index (Phi) is 2.66. The highest BCUT2D eigenvalue weighted by atomic mass is 16.2. The van der Waals surface area contributed by atoms with Crippen molar-refractivity contribution in [1.29, 1.82) is 5.26 Å². The average molecular weight is 167 g/mol. The molecule has 1 aliphatic rings. The van der Waals surface area contributed by atoms with Crippen LogP contribution in [0.4, 0.5) is 0 Å². The molecular weight excluding hydrogens is 154 g/mol. The lowest BCUT2D eigenvalue weighted by Gasteiger charge is -2.36. The quantitative estimate of drug-likeness (QED) is 0.614. The molecule has 0 aromatic carbocycles. The summed E-state index contributed by atoms with van der Waals surface area (Å²) in [5.41, 5.74) is 5.54. The first-order valence-corrected chi connectivity index (χ1v) is 4.13. The molecule has 0 bridgehead atoms. The van der Waals surface area contributed by atoms with E-state index in [4.69, 9.17) is 11.0 Å². The SMILES string of the molecule is CCC(N)C(=O)N1CC(C#N)C1. The zero-order valence-corrected chi connectivity index (χ0v) is 7.16. The van der Waals surface area contributed by atoms with Gasteiger partial charge in [-0.25, -0.2) is 0 Å². The first-order chi connectivity index (χ1) is 5.69. The monoisotopic (exact) mass is 167 g/mol. The van der Waals surface area contributed by atoms with Gasteiger partial charge in [0, 0.05) is 13.1 Å². The van der Waals surface area contributed by atoms with Gasteiger partial charge in [0.25, 0.3) is 0 Å². The molecule has 0 aromatic heterocycles. The molecule has 1 atom stereocenters. The molecule has 1 aliphatic heterocycles. The molecule has 0 aliphatic carbocycles. The van der Waals surface area contributed by atoms with Gasteiger partial charge in [0.2, 0.25) is 5.91 Å². The van der Waals surface area contributed by atoms with Crippen LogP contribution >= 0.6 is 0 Å². The highest BCUT2D eigenvalue weighted by Crippen LogP contribution is 2.15. The fourth-order valence-corrected chi connectivity index (χ4v) is 1.15. The number of carbonyl (C=O) groups is 1. The van der Waals surface area contributed by atoms with Crippen molar-refractivity contribution >= 4 is 5.91 Å². The molecule has 1 saturated heterocycles. The Labute approximate surface area is 71.9 Å². The summed E-state index contributed by atoms with van der Waals surface area (Å²) in [6.07, 6.45) is 0.659. The number of hydrogen-bond acceptors (Lipinski definition) is 3. The molecule has 1 heterocycles. The normalized spacial score (nSPS) is 19.6. The largest absolute Gasteiger partial charge is 0.339 e. The Morgan fingerprint density at radius 3 is 2.83 bits per heavy atom. The minimum absolute atomic E-state index is 0.0241. The van der Waals surface area contributed by atoms with Crippen LogP contribution < -0.4 is 5.73 Å². The fraction of sp³-hybridized carbons (Fsp3) is 0.750. The van der Waals surface area contributed by atoms with Crippen molar-refractivity contribution in [2.75, 3.05) is 13.1 Å². The Hall–Kier alpha value is -1.08. The predicted octanol–water partition coefficient (Wildman–Crippen LogP) is -0.294. The summed E-state index contributed by atoms with van der Waals surface area (Å²) in [5.74, 6) is 0.00186. The highest BCUT2D eigenvalue weighted by Gasteiger charge is 2.32. The molecule has 1 amide bonds. The topological polar surface area (TPSA) is 70.1 Å². The van der Waals surface area contributed by atoms with E-state index < -0.39 is 0 Å². The second-order valence-corrected chi connectivity index (χ2v) is 3.08. The first-order valence-electron chi connectivity index (χ1n) is 4.13. The molecular formula is C8H13N3O. The molecule has 0 aromatic rings. The van der Waals surface area contributed by atoms with Crippen LogP contribution in [0.15, 0.2) is 0 Å². The fourth-order valence-electron chi connectivity index (χ4n) is 1.15. The third-order valence-electron chi connectivity index (χ3n) is 2.13. The van der Waals surface area contributed by atoms with Gasteiger partial charge in [-0.1, -0.05) is 6.92 Å². The van der Waals surface area contributed by atoms with Crippen LogP contribution in [0.1, 0.15) is 13.3 Å². The number of likely N-dealkylation sites (tertiary alicyclic amines) is 1. The molecule has 2 N–H and O–H groups in total. The van der Waals surface area contributed by atoms with E-state index in [0.717, 1.165) is 0 Å². The van der Waals surface area contributed by atoms with E-state index in [1.165, 1.54) is 0 Å². The molecule has 66 valence electrons. The Balaban J connectivity index is 2.34. The molecule has 12 heavy (non-hydrogen) atoms. The van der Waals surface area contributed by atoms with Crippen LogP contribution in [-0.2, 0) is 4.79 Å². The smallest absolute Gasteiger partial charge is 0.239 e. The zero-order valence-electron chi connectivity index (χ0n) is 7.16. The van der Waals surface area contributed by atoms with E-state index in [-0.39, 0.29) is 17.9 Å². The Morgan fingerprint density at radius 2 is 2.42 bits per heavy atom. The van der Waals surface area contributed by atoms with Crippen LogP contribution in [0.25, 0.3) is 0 Å². The first kappa shape index (κ1) is 9.01. The molecule has 1 fully saturated rings. The molecule has 4 nitrogen and oxygen atoms in total. The van der Waals surface area contributed by atoms with Crippen LogP contribution in [0.3, 0.4) is 0 Å². The number of carbonyl (C=O) groups excluding carboxylic acids is 1. The summed E-state index contributed by atoms with van der Waals surface area (Å²) >= 11 is 0. The number of nitrogens with zero attached hydrogens (tertiary/aromatic N) is 2. The van der Waals surface area contributed by atoms with Crippen molar-refractivity contribution in [1.82, 2.24) is 4.90 Å². The highest BCUT2D eigenvalue weighted by molar-refractivity contribution is 5.82. The maximum atomic E-state index is 11.3. The summed E-state index contributed by atoms with van der Waals surface area (Å²) in [4.78, 5) is 13.0. The van der Waals surface area contributed by atoms with Gasteiger partial charge >= 0.3 is 0 Å². The number of nitrogens with two attached hydrogens (primary N) is 1. The summed E-state index contributed by atoms with van der Waals surface area (Å²) in [7, 11) is 0. The van der Waals surface area contributed by atoms with E-state index in [0.29, 0.717) is 19.5 Å². The van der Waals surface area contributed by atoms with Gasteiger partial charge in [0.15, 0.2) is 0 Å². The van der Waals surface area contributed by atoms with Crippen molar-refractivity contribution in [3.63, 3.8) is 0 Å². The number of amides is 1. The van der Waals surface area contributed by atoms with Crippen molar-refractivity contribution in [2.45, 2.75) is 19.4 Å². The van der Waals surface area contributed by atoms with Crippen LogP contribution in [-0.4, -0.2) is 29.9 Å². The van der Waals surface area contributed by atoms with Gasteiger partial charge in [-0.2, -0.15) is 5.26 Å². The average Bonchev–Trinajstić information content (AvgIpc) is 2.01. The lowest BCUT2D eigenvalue weighted by atomic mass is 10.0. The molecule has 0 saturated carbocycles. The Bertz CT molecular complexity index is 215. The minimum atomic E-state index is -0.385. The molecule has 0 spiro atoms. The molecule has 1 rings (SSSR count). The number of nitriles is 1. The standard InChI is InChI=1S/C8H13N3O/c1-2-7(10)8(12)11-4-6(3-9)5-11/h6-7H,2,4-5,10H2,1H3. The molecule has 0 radical (unpaired) electrons. The molecule has 4 heteroatoms. The maximum Gasteiger partial charge on any atom is 0.239 e. The summed E-state index contributed by atoms with van der Waals surface area (Å²) < 4.78 is 0. The lowest BCUT2D eigenvalue weighted by molar-refractivity contribution is -0.137. The number of hydrogen-bond donors (Lipinski definition) is 1. The van der Waals surface area contributed by atoms with E-state index in [1.807, 2.05) is 6.92 Å². The second-order valence-electron chi connectivity index (χ2n) is 3.08. The Morgan fingerprint density at radius 1 is 1.83 bits per heavy atom. The number of rotatable bonds is 2. The van der Waals surface area contributed by atoms with E-state index in [1.54, 1.807) is 4.90 Å². The van der Waals surface area contributed by atoms with Crippen molar-refractivity contribution in [3.05, 3.63) is 0 Å². The molecule has 1 unspecified atom stereocenters. The van der Waals surface area contributed by atoms with E-state index in [2.05, 4.69) is 6.07 Å². The van der Waals surface area contributed by atoms with Gasteiger partial charge < -0.3 is 10.6 Å². The zero-order chi connectivity index (χ0) is 9.14. The van der Waals surface area contributed by atoms with Crippen molar-refractivity contribution in [2.24, 2.45) is 11.7 Å². The third kappa shape index (κ3) is 1.56. The minimum Gasteiger partial charge on any atom is -0.339 e. The van der Waals surface area contributed by atoms with E-state index in [9.17, 15) is 4.79 Å². The summed E-state index contributed by atoms with van der Waals surface area (Å²) in [6.45, 7) is 3.00. The third-order valence-corrected chi connectivity index (χ3v) is 2.13. The maximum absolute atomic E-state index is 11.3. The van der Waals surface area contributed by atoms with Crippen LogP contribution in [0, 0.1) is 17.2 Å². The van der Waals surface area contributed by atoms with Gasteiger partial charge in [0.05, 0.1) is 18.0 Å². The van der Waals surface area contributed by atoms with Gasteiger partial charge in [0.1, 0.15) is 0 Å². The van der Waals surface area contributed by atoms with E-state index >= 15 is 0 Å². The van der Waals surface area contributed by atoms with Crippen molar-refractivity contribution in [3.8, 4) is 6.07 Å². The van der Waals surface area contributed by atoms with Gasteiger partial charge in [-0.3, -0.25) is 4.79 Å². The predicted molar refractivity (Wildman–Crippen MR) is 43.9 cm³/mol. The lowest BCUT2D eigenvalue weighted by Crippen LogP contribution is -2.54. The van der Waals surface area contributed by atoms with Crippen LogP contribution in [0.5, 0.6) is 0 Å². The summed E-state index contributed by atoms with van der Waals surface area (Å²) in [5, 5.41) is 8.46. The van der Waals surface area contributed by atoms with Crippen LogP contribution in [0.2, 0.25) is 0 Å². The van der Waals surface area contributed by atoms with Crippen molar-refractivity contribution < 1.29 is 4.79 Å².